The average molecular weight is 441 g/mol. The van der Waals surface area contributed by atoms with Gasteiger partial charge in [-0.15, -0.1) is 0 Å². The first kappa shape index (κ1) is 20.9. The van der Waals surface area contributed by atoms with Crippen molar-refractivity contribution in [1.29, 1.82) is 0 Å². The summed E-state index contributed by atoms with van der Waals surface area (Å²) >= 11 is 6.25. The Labute approximate surface area is 184 Å². The Kier molecular flexibility index (Phi) is 4.77. The molecule has 0 unspecified atom stereocenters. The summed E-state index contributed by atoms with van der Waals surface area (Å²) in [4.78, 5) is 54.0. The van der Waals surface area contributed by atoms with Crippen molar-refractivity contribution in [3.63, 3.8) is 0 Å². The van der Waals surface area contributed by atoms with Gasteiger partial charge in [-0.3, -0.25) is 24.2 Å². The Bertz CT molecular complexity index is 1130. The molecule has 0 spiro atoms. The van der Waals surface area contributed by atoms with Crippen molar-refractivity contribution in [2.45, 2.75) is 31.8 Å². The largest absolute Gasteiger partial charge is 0.325 e. The first-order valence-corrected chi connectivity index (χ1v) is 10.1. The van der Waals surface area contributed by atoms with Crippen molar-refractivity contribution in [3.8, 4) is 0 Å². The van der Waals surface area contributed by atoms with Gasteiger partial charge in [-0.2, -0.15) is 0 Å². The molecule has 8 nitrogen and oxygen atoms in total. The summed E-state index contributed by atoms with van der Waals surface area (Å²) in [7, 11) is 0. The molecule has 2 aromatic carbocycles. The minimum absolute atomic E-state index is 0.328. The second kappa shape index (κ2) is 7.09. The maximum atomic E-state index is 13.3. The number of amides is 5. The Morgan fingerprint density at radius 2 is 1.65 bits per heavy atom. The number of nitrogens with one attached hydrogen (secondary N) is 2. The van der Waals surface area contributed by atoms with Crippen LogP contribution in [-0.4, -0.2) is 40.7 Å². The normalized spacial score (nSPS) is 22.1. The summed E-state index contributed by atoms with van der Waals surface area (Å²) in [5.41, 5.74) is -1.19. The topological polar surface area (TPSA) is 98.8 Å². The molecule has 1 fully saturated rings. The van der Waals surface area contributed by atoms with Gasteiger partial charge < -0.3 is 10.6 Å². The van der Waals surface area contributed by atoms with E-state index in [0.717, 1.165) is 4.90 Å². The zero-order valence-corrected chi connectivity index (χ0v) is 18.0. The molecule has 160 valence electrons. The van der Waals surface area contributed by atoms with Crippen LogP contribution in [0.4, 0.5) is 16.2 Å². The molecule has 2 aliphatic heterocycles. The molecule has 2 N–H and O–H groups in total. The van der Waals surface area contributed by atoms with Crippen LogP contribution in [0.5, 0.6) is 0 Å². The number of urea groups is 1. The molecule has 4 rings (SSSR count). The molecule has 1 atom stereocenters. The molecule has 0 aliphatic carbocycles. The number of benzene rings is 2. The fraction of sp³-hybridized carbons (Fsp3) is 0.273. The fourth-order valence-corrected chi connectivity index (χ4v) is 4.32. The molecule has 9 heteroatoms. The Morgan fingerprint density at radius 3 is 2.35 bits per heavy atom. The molecule has 2 heterocycles. The molecular weight excluding hydrogens is 420 g/mol. The van der Waals surface area contributed by atoms with Gasteiger partial charge in [0.15, 0.2) is 0 Å². The van der Waals surface area contributed by atoms with Gasteiger partial charge in [0.1, 0.15) is 17.6 Å². The van der Waals surface area contributed by atoms with Gasteiger partial charge >= 0.3 is 6.03 Å². The van der Waals surface area contributed by atoms with Crippen LogP contribution in [-0.2, 0) is 19.9 Å². The van der Waals surface area contributed by atoms with E-state index in [-0.39, 0.29) is 5.91 Å². The van der Waals surface area contributed by atoms with Crippen LogP contribution in [0.15, 0.2) is 48.5 Å². The summed E-state index contributed by atoms with van der Waals surface area (Å²) in [5, 5.41) is 5.76. The monoisotopic (exact) mass is 440 g/mol. The number of carbonyl (C=O) groups is 4. The van der Waals surface area contributed by atoms with Crippen molar-refractivity contribution in [2.24, 2.45) is 0 Å². The molecule has 31 heavy (non-hydrogen) atoms. The van der Waals surface area contributed by atoms with Crippen LogP contribution in [0.1, 0.15) is 26.3 Å². The van der Waals surface area contributed by atoms with E-state index < -0.39 is 35.5 Å². The second-order valence-corrected chi connectivity index (χ2v) is 8.59. The lowest BCUT2D eigenvalue weighted by Crippen LogP contribution is -2.60. The average Bonchev–Trinajstić information content (AvgIpc) is 2.92. The summed E-state index contributed by atoms with van der Waals surface area (Å²) in [6.45, 7) is 4.24. The van der Waals surface area contributed by atoms with Crippen LogP contribution in [0.25, 0.3) is 0 Å². The van der Waals surface area contributed by atoms with Crippen molar-refractivity contribution >= 4 is 46.7 Å². The van der Waals surface area contributed by atoms with Crippen LogP contribution in [0, 0.1) is 0 Å². The van der Waals surface area contributed by atoms with Crippen molar-refractivity contribution < 1.29 is 19.2 Å². The van der Waals surface area contributed by atoms with E-state index in [2.05, 4.69) is 10.6 Å². The minimum atomic E-state index is -1.40. The summed E-state index contributed by atoms with van der Waals surface area (Å²) in [6.07, 6.45) is 0. The standard InChI is InChI=1S/C22H21ClN4O4/c1-21(2)18(29)24-15-10-6-7-11-16(15)27(21)17(28)12-26-19(30)22(3,25-20(26)31)13-8-4-5-9-14(13)23/h4-11H,12H2,1-3H3,(H,24,29)(H,25,31)/t22-/m1/s1. The molecule has 2 aromatic rings. The maximum Gasteiger partial charge on any atom is 0.325 e. The maximum absolute atomic E-state index is 13.3. The van der Waals surface area contributed by atoms with E-state index in [1.54, 1.807) is 69.3 Å². The summed E-state index contributed by atoms with van der Waals surface area (Å²) in [5.74, 6) is -1.51. The minimum Gasteiger partial charge on any atom is -0.322 e. The number of rotatable bonds is 3. The van der Waals surface area contributed by atoms with Crippen molar-refractivity contribution in [3.05, 3.63) is 59.1 Å². The quantitative estimate of drug-likeness (QED) is 0.717. The third kappa shape index (κ3) is 3.14. The van der Waals surface area contributed by atoms with Gasteiger partial charge in [0.05, 0.1) is 11.4 Å². The molecule has 1 saturated heterocycles. The molecule has 5 amide bonds. The van der Waals surface area contributed by atoms with E-state index in [0.29, 0.717) is 22.0 Å². The Morgan fingerprint density at radius 1 is 1.00 bits per heavy atom. The van der Waals surface area contributed by atoms with Gasteiger partial charge in [-0.25, -0.2) is 4.79 Å². The van der Waals surface area contributed by atoms with Crippen LogP contribution in [0.2, 0.25) is 5.02 Å². The molecule has 0 aromatic heterocycles. The van der Waals surface area contributed by atoms with Gasteiger partial charge in [0, 0.05) is 10.6 Å². The molecule has 0 saturated carbocycles. The third-order valence-electron chi connectivity index (χ3n) is 5.74. The van der Waals surface area contributed by atoms with Crippen molar-refractivity contribution in [2.75, 3.05) is 16.8 Å². The zero-order valence-electron chi connectivity index (χ0n) is 17.2. The fourth-order valence-electron chi connectivity index (χ4n) is 3.99. The second-order valence-electron chi connectivity index (χ2n) is 8.19. The number of para-hydroxylation sites is 2. The lowest BCUT2D eigenvalue weighted by molar-refractivity contribution is -0.134. The number of anilines is 2. The lowest BCUT2D eigenvalue weighted by atomic mass is 9.92. The van der Waals surface area contributed by atoms with Crippen molar-refractivity contribution in [1.82, 2.24) is 10.2 Å². The highest BCUT2D eigenvalue weighted by atomic mass is 35.5. The number of carbonyl (C=O) groups excluding carboxylic acids is 4. The van der Waals surface area contributed by atoms with Gasteiger partial charge in [0.2, 0.25) is 11.8 Å². The number of hydrogen-bond acceptors (Lipinski definition) is 4. The Balaban J connectivity index is 1.66. The van der Waals surface area contributed by atoms with Gasteiger partial charge in [-0.05, 0) is 39.0 Å². The van der Waals surface area contributed by atoms with E-state index >= 15 is 0 Å². The lowest BCUT2D eigenvalue weighted by Gasteiger charge is -2.42. The Hall–Kier alpha value is -3.39. The summed E-state index contributed by atoms with van der Waals surface area (Å²) in [6, 6.07) is 12.9. The molecule has 0 radical (unpaired) electrons. The van der Waals surface area contributed by atoms with E-state index in [9.17, 15) is 19.2 Å². The van der Waals surface area contributed by atoms with Crippen LogP contribution < -0.4 is 15.5 Å². The highest BCUT2D eigenvalue weighted by Gasteiger charge is 2.52. The van der Waals surface area contributed by atoms with Gasteiger partial charge in [-0.1, -0.05) is 41.9 Å². The molecular formula is C22H21ClN4O4. The SMILES string of the molecule is CC1(C)C(=O)Nc2ccccc2N1C(=O)CN1C(=O)N[C@](C)(c2ccccc2Cl)C1=O. The number of halogens is 1. The predicted molar refractivity (Wildman–Crippen MR) is 116 cm³/mol. The zero-order chi connectivity index (χ0) is 22.6. The molecule has 2 aliphatic rings. The highest BCUT2D eigenvalue weighted by molar-refractivity contribution is 6.32. The van der Waals surface area contributed by atoms with E-state index in [1.165, 1.54) is 4.90 Å². The van der Waals surface area contributed by atoms with E-state index in [4.69, 9.17) is 11.6 Å². The summed E-state index contributed by atoms with van der Waals surface area (Å²) < 4.78 is 0. The smallest absolute Gasteiger partial charge is 0.322 e. The first-order chi connectivity index (χ1) is 14.6. The van der Waals surface area contributed by atoms with Gasteiger partial charge in [0.25, 0.3) is 5.91 Å². The van der Waals surface area contributed by atoms with E-state index in [1.807, 2.05) is 0 Å². The van der Waals surface area contributed by atoms with Crippen LogP contribution in [0.3, 0.4) is 0 Å². The predicted octanol–water partition coefficient (Wildman–Crippen LogP) is 2.87. The number of hydrogen-bond donors (Lipinski definition) is 2. The highest BCUT2D eigenvalue weighted by Crippen LogP contribution is 2.38. The number of nitrogens with zero attached hydrogens (tertiary/aromatic N) is 2. The van der Waals surface area contributed by atoms with Crippen LogP contribution >= 0.6 is 11.6 Å². The third-order valence-corrected chi connectivity index (χ3v) is 6.07. The molecule has 0 bridgehead atoms. The number of fused-ring (bicyclic) bond motifs is 1. The first-order valence-electron chi connectivity index (χ1n) is 9.70. The number of imide groups is 1.